The maximum absolute atomic E-state index is 12.3. The Morgan fingerprint density at radius 1 is 1.24 bits per heavy atom. The maximum Gasteiger partial charge on any atom is 0.225 e. The van der Waals surface area contributed by atoms with Crippen molar-refractivity contribution in [2.75, 3.05) is 33.7 Å². The van der Waals surface area contributed by atoms with Gasteiger partial charge in [-0.1, -0.05) is 27.7 Å². The largest absolute Gasteiger partial charge is 0.342 e. The number of rotatable bonds is 6. The topological polar surface area (TPSA) is 23.6 Å². The lowest BCUT2D eigenvalue weighted by Crippen LogP contribution is -2.41. The van der Waals surface area contributed by atoms with Gasteiger partial charge in [0.1, 0.15) is 0 Å². The summed E-state index contributed by atoms with van der Waals surface area (Å²) in [6, 6.07) is 0. The Hall–Kier alpha value is -0.570. The van der Waals surface area contributed by atoms with Gasteiger partial charge in [0.05, 0.1) is 0 Å². The Labute approximate surface area is 107 Å². The monoisotopic (exact) mass is 242 g/mol. The number of hydrogen-bond acceptors (Lipinski definition) is 2. The second-order valence-corrected chi connectivity index (χ2v) is 6.41. The summed E-state index contributed by atoms with van der Waals surface area (Å²) in [6.07, 6.45) is 0.937. The quantitative estimate of drug-likeness (QED) is 0.714. The first-order valence-corrected chi connectivity index (χ1v) is 6.61. The van der Waals surface area contributed by atoms with Gasteiger partial charge in [-0.25, -0.2) is 0 Å². The molecular weight excluding hydrogens is 212 g/mol. The number of carbonyl (C=O) groups is 1. The van der Waals surface area contributed by atoms with Crippen molar-refractivity contribution in [3.05, 3.63) is 0 Å². The van der Waals surface area contributed by atoms with E-state index in [1.807, 2.05) is 25.9 Å². The summed E-state index contributed by atoms with van der Waals surface area (Å²) in [5.41, 5.74) is 0.174. The van der Waals surface area contributed by atoms with Gasteiger partial charge in [-0.15, -0.1) is 0 Å². The molecule has 1 atom stereocenters. The van der Waals surface area contributed by atoms with Crippen molar-refractivity contribution in [3.63, 3.8) is 0 Å². The summed E-state index contributed by atoms with van der Waals surface area (Å²) in [6.45, 7) is 13.2. The van der Waals surface area contributed by atoms with Gasteiger partial charge in [0.25, 0.3) is 0 Å². The van der Waals surface area contributed by atoms with Crippen LogP contribution in [0, 0.1) is 11.3 Å². The molecular formula is C14H30N2O. The van der Waals surface area contributed by atoms with E-state index in [2.05, 4.69) is 32.6 Å². The second kappa shape index (κ2) is 7.00. The molecule has 0 fully saturated rings. The Balaban J connectivity index is 4.33. The first kappa shape index (κ1) is 16.4. The van der Waals surface area contributed by atoms with E-state index in [0.29, 0.717) is 5.91 Å². The Morgan fingerprint density at radius 3 is 2.12 bits per heavy atom. The smallest absolute Gasteiger partial charge is 0.225 e. The van der Waals surface area contributed by atoms with E-state index < -0.39 is 0 Å². The number of nitrogens with zero attached hydrogens (tertiary/aromatic N) is 2. The fourth-order valence-corrected chi connectivity index (χ4v) is 1.81. The summed E-state index contributed by atoms with van der Waals surface area (Å²) in [7, 11) is 4.09. The lowest BCUT2D eigenvalue weighted by atomic mass is 9.95. The predicted molar refractivity (Wildman–Crippen MR) is 74.0 cm³/mol. The highest BCUT2D eigenvalue weighted by atomic mass is 16.2. The van der Waals surface area contributed by atoms with Gasteiger partial charge in [-0.3, -0.25) is 4.79 Å². The summed E-state index contributed by atoms with van der Waals surface area (Å²) >= 11 is 0. The maximum atomic E-state index is 12.3. The molecule has 3 heteroatoms. The molecule has 102 valence electrons. The van der Waals surface area contributed by atoms with Crippen LogP contribution in [0.1, 0.15) is 41.0 Å². The fraction of sp³-hybridized carbons (Fsp3) is 0.929. The standard InChI is InChI=1S/C14H30N2O/c1-8-16(11-14(3,4)5)13(17)12(2)9-10-15(6)7/h12H,8-11H2,1-7H3. The number of amides is 1. The van der Waals surface area contributed by atoms with Crippen LogP contribution in [0.2, 0.25) is 0 Å². The third kappa shape index (κ3) is 7.37. The third-order valence-corrected chi connectivity index (χ3v) is 2.79. The van der Waals surface area contributed by atoms with E-state index >= 15 is 0 Å². The van der Waals surface area contributed by atoms with E-state index in [-0.39, 0.29) is 11.3 Å². The minimum absolute atomic E-state index is 0.125. The lowest BCUT2D eigenvalue weighted by molar-refractivity contribution is -0.136. The minimum atomic E-state index is 0.125. The van der Waals surface area contributed by atoms with Gasteiger partial charge in [-0.05, 0) is 39.4 Å². The lowest BCUT2D eigenvalue weighted by Gasteiger charge is -2.31. The molecule has 17 heavy (non-hydrogen) atoms. The molecule has 0 aromatic rings. The molecule has 0 bridgehead atoms. The molecule has 0 saturated carbocycles. The average molecular weight is 242 g/mol. The van der Waals surface area contributed by atoms with Gasteiger partial charge in [-0.2, -0.15) is 0 Å². The number of hydrogen-bond donors (Lipinski definition) is 0. The van der Waals surface area contributed by atoms with E-state index in [1.165, 1.54) is 0 Å². The molecule has 0 N–H and O–H groups in total. The van der Waals surface area contributed by atoms with E-state index in [0.717, 1.165) is 26.1 Å². The van der Waals surface area contributed by atoms with Crippen molar-refractivity contribution in [3.8, 4) is 0 Å². The van der Waals surface area contributed by atoms with Crippen LogP contribution < -0.4 is 0 Å². The fourth-order valence-electron chi connectivity index (χ4n) is 1.81. The van der Waals surface area contributed by atoms with Crippen LogP contribution in [-0.2, 0) is 4.79 Å². The third-order valence-electron chi connectivity index (χ3n) is 2.79. The molecule has 0 radical (unpaired) electrons. The molecule has 0 aliphatic heterocycles. The first-order chi connectivity index (χ1) is 7.67. The first-order valence-electron chi connectivity index (χ1n) is 6.61. The highest BCUT2D eigenvalue weighted by Gasteiger charge is 2.23. The van der Waals surface area contributed by atoms with Crippen LogP contribution in [-0.4, -0.2) is 49.4 Å². The van der Waals surface area contributed by atoms with Crippen molar-refractivity contribution >= 4 is 5.91 Å². The zero-order valence-corrected chi connectivity index (χ0v) is 12.7. The Morgan fingerprint density at radius 2 is 1.76 bits per heavy atom. The highest BCUT2D eigenvalue weighted by Crippen LogP contribution is 2.17. The average Bonchev–Trinajstić information content (AvgIpc) is 2.20. The second-order valence-electron chi connectivity index (χ2n) is 6.41. The van der Waals surface area contributed by atoms with Crippen molar-refractivity contribution < 1.29 is 4.79 Å². The van der Waals surface area contributed by atoms with Crippen LogP contribution in [0.3, 0.4) is 0 Å². The van der Waals surface area contributed by atoms with Crippen molar-refractivity contribution in [1.29, 1.82) is 0 Å². The van der Waals surface area contributed by atoms with Crippen LogP contribution >= 0.6 is 0 Å². The SMILES string of the molecule is CCN(CC(C)(C)C)C(=O)C(C)CCN(C)C. The zero-order valence-electron chi connectivity index (χ0n) is 12.7. The highest BCUT2D eigenvalue weighted by molar-refractivity contribution is 5.78. The van der Waals surface area contributed by atoms with Crippen molar-refractivity contribution in [2.24, 2.45) is 11.3 Å². The molecule has 0 aliphatic rings. The molecule has 0 heterocycles. The number of carbonyl (C=O) groups excluding carboxylic acids is 1. The Kier molecular flexibility index (Phi) is 6.76. The van der Waals surface area contributed by atoms with Crippen LogP contribution in [0.5, 0.6) is 0 Å². The molecule has 1 unspecified atom stereocenters. The summed E-state index contributed by atoms with van der Waals surface area (Å²) in [4.78, 5) is 16.4. The van der Waals surface area contributed by atoms with Crippen LogP contribution in [0.25, 0.3) is 0 Å². The predicted octanol–water partition coefficient (Wildman–Crippen LogP) is 2.47. The molecule has 0 saturated heterocycles. The van der Waals surface area contributed by atoms with Gasteiger partial charge < -0.3 is 9.80 Å². The van der Waals surface area contributed by atoms with E-state index in [9.17, 15) is 4.79 Å². The van der Waals surface area contributed by atoms with E-state index in [1.54, 1.807) is 0 Å². The normalized spacial score (nSPS) is 13.9. The zero-order chi connectivity index (χ0) is 13.6. The summed E-state index contributed by atoms with van der Waals surface area (Å²) in [5, 5.41) is 0. The molecule has 0 aromatic heterocycles. The van der Waals surface area contributed by atoms with Crippen LogP contribution in [0.4, 0.5) is 0 Å². The molecule has 1 amide bonds. The van der Waals surface area contributed by atoms with Crippen molar-refractivity contribution in [1.82, 2.24) is 9.80 Å². The van der Waals surface area contributed by atoms with Crippen LogP contribution in [0.15, 0.2) is 0 Å². The van der Waals surface area contributed by atoms with Gasteiger partial charge >= 0.3 is 0 Å². The van der Waals surface area contributed by atoms with Gasteiger partial charge in [0.15, 0.2) is 0 Å². The Bertz CT molecular complexity index is 231. The van der Waals surface area contributed by atoms with E-state index in [4.69, 9.17) is 0 Å². The molecule has 3 nitrogen and oxygen atoms in total. The summed E-state index contributed by atoms with van der Waals surface area (Å²) in [5.74, 6) is 0.420. The summed E-state index contributed by atoms with van der Waals surface area (Å²) < 4.78 is 0. The van der Waals surface area contributed by atoms with Crippen molar-refractivity contribution in [2.45, 2.75) is 41.0 Å². The molecule has 0 aromatic carbocycles. The molecule has 0 aliphatic carbocycles. The molecule has 0 spiro atoms. The van der Waals surface area contributed by atoms with Gasteiger partial charge in [0.2, 0.25) is 5.91 Å². The van der Waals surface area contributed by atoms with Gasteiger partial charge in [0, 0.05) is 19.0 Å². The minimum Gasteiger partial charge on any atom is -0.342 e. The molecule has 0 rings (SSSR count).